The van der Waals surface area contributed by atoms with Crippen LogP contribution < -0.4 is 5.14 Å². The number of sulfonamides is 1. The summed E-state index contributed by atoms with van der Waals surface area (Å²) in [5, 5.41) is 4.96. The molecule has 2 N–H and O–H groups in total. The topological polar surface area (TPSA) is 60.2 Å². The van der Waals surface area contributed by atoms with Crippen molar-refractivity contribution in [3.05, 3.63) is 0 Å². The fraction of sp³-hybridized carbons (Fsp3) is 1.00. The summed E-state index contributed by atoms with van der Waals surface area (Å²) in [5.74, 6) is 0.762. The molecule has 0 amide bonds. The third-order valence-electron chi connectivity index (χ3n) is 2.79. The van der Waals surface area contributed by atoms with Gasteiger partial charge in [-0.15, -0.1) is 0 Å². The fourth-order valence-electron chi connectivity index (χ4n) is 1.98. The Morgan fingerprint density at radius 3 is 2.08 bits per heavy atom. The van der Waals surface area contributed by atoms with Crippen LogP contribution in [-0.2, 0) is 10.0 Å². The molecule has 78 valence electrons. The second-order valence-corrected chi connectivity index (χ2v) is 5.75. The molecule has 0 spiro atoms. The Morgan fingerprint density at radius 2 is 1.62 bits per heavy atom. The Balaban J connectivity index is 2.27. The molecule has 0 radical (unpaired) electrons. The average Bonchev–Trinajstić information content (AvgIpc) is 2.26. The molecule has 0 bridgehead atoms. The minimum absolute atomic E-state index is 0.164. The van der Waals surface area contributed by atoms with Crippen molar-refractivity contribution in [3.63, 3.8) is 0 Å². The van der Waals surface area contributed by atoms with Crippen molar-refractivity contribution in [1.82, 2.24) is 0 Å². The molecule has 1 aliphatic carbocycles. The summed E-state index contributed by atoms with van der Waals surface area (Å²) in [7, 11) is -3.24. The summed E-state index contributed by atoms with van der Waals surface area (Å²) < 4.78 is 21.5. The zero-order valence-electron chi connectivity index (χ0n) is 8.04. The lowest BCUT2D eigenvalue weighted by atomic mass is 9.98. The molecule has 3 nitrogen and oxygen atoms in total. The van der Waals surface area contributed by atoms with Crippen molar-refractivity contribution in [2.24, 2.45) is 11.1 Å². The highest BCUT2D eigenvalue weighted by molar-refractivity contribution is 7.89. The number of rotatable bonds is 3. The Morgan fingerprint density at radius 1 is 1.08 bits per heavy atom. The fourth-order valence-corrected chi connectivity index (χ4v) is 2.65. The lowest BCUT2D eigenvalue weighted by molar-refractivity contribution is 0.445. The molecular formula is C9H19NO2S. The van der Waals surface area contributed by atoms with E-state index < -0.39 is 10.0 Å². The quantitative estimate of drug-likeness (QED) is 0.712. The van der Waals surface area contributed by atoms with Gasteiger partial charge in [-0.05, 0) is 12.3 Å². The molecule has 0 aliphatic heterocycles. The van der Waals surface area contributed by atoms with E-state index in [1.165, 1.54) is 38.5 Å². The first-order valence-electron chi connectivity index (χ1n) is 5.08. The van der Waals surface area contributed by atoms with E-state index in [2.05, 4.69) is 0 Å². The highest BCUT2D eigenvalue weighted by atomic mass is 32.2. The van der Waals surface area contributed by atoms with Gasteiger partial charge in [0, 0.05) is 0 Å². The molecule has 1 rings (SSSR count). The minimum Gasteiger partial charge on any atom is -0.229 e. The Kier molecular flexibility index (Phi) is 4.19. The molecule has 0 saturated heterocycles. The van der Waals surface area contributed by atoms with E-state index in [1.807, 2.05) is 0 Å². The molecule has 13 heavy (non-hydrogen) atoms. The molecule has 1 saturated carbocycles. The van der Waals surface area contributed by atoms with Gasteiger partial charge in [0.25, 0.3) is 0 Å². The van der Waals surface area contributed by atoms with Crippen molar-refractivity contribution >= 4 is 10.0 Å². The van der Waals surface area contributed by atoms with Gasteiger partial charge in [0.1, 0.15) is 0 Å². The van der Waals surface area contributed by atoms with Crippen LogP contribution in [0.2, 0.25) is 0 Å². The van der Waals surface area contributed by atoms with Gasteiger partial charge in [-0.1, -0.05) is 38.5 Å². The van der Waals surface area contributed by atoms with Gasteiger partial charge in [-0.3, -0.25) is 0 Å². The summed E-state index contributed by atoms with van der Waals surface area (Å²) in [6.07, 6.45) is 8.28. The number of nitrogens with two attached hydrogens (primary N) is 1. The van der Waals surface area contributed by atoms with Crippen LogP contribution in [0.25, 0.3) is 0 Å². The normalized spacial score (nSPS) is 21.3. The Hall–Kier alpha value is -0.0900. The van der Waals surface area contributed by atoms with Gasteiger partial charge >= 0.3 is 0 Å². The molecule has 0 aromatic heterocycles. The van der Waals surface area contributed by atoms with Crippen LogP contribution in [0.1, 0.15) is 44.9 Å². The molecule has 0 aromatic carbocycles. The van der Waals surface area contributed by atoms with E-state index in [0.717, 1.165) is 6.42 Å². The maximum absolute atomic E-state index is 10.7. The van der Waals surface area contributed by atoms with Crippen molar-refractivity contribution < 1.29 is 8.42 Å². The molecule has 0 heterocycles. The lowest BCUT2D eigenvalue weighted by Gasteiger charge is -2.12. The summed E-state index contributed by atoms with van der Waals surface area (Å²) >= 11 is 0. The molecule has 0 unspecified atom stereocenters. The molecule has 1 aliphatic rings. The van der Waals surface area contributed by atoms with Crippen molar-refractivity contribution in [2.45, 2.75) is 44.9 Å². The van der Waals surface area contributed by atoms with Crippen LogP contribution >= 0.6 is 0 Å². The predicted octanol–water partition coefficient (Wildman–Crippen LogP) is 1.64. The van der Waals surface area contributed by atoms with Crippen LogP contribution in [0, 0.1) is 5.92 Å². The first-order valence-corrected chi connectivity index (χ1v) is 6.80. The highest BCUT2D eigenvalue weighted by Gasteiger charge is 2.14. The zero-order chi connectivity index (χ0) is 9.73. The second kappa shape index (κ2) is 4.96. The number of hydrogen-bond acceptors (Lipinski definition) is 2. The molecule has 1 fully saturated rings. The summed E-state index contributed by atoms with van der Waals surface area (Å²) in [6.45, 7) is 0. The zero-order valence-corrected chi connectivity index (χ0v) is 8.85. The number of primary sulfonamides is 1. The largest absolute Gasteiger partial charge is 0.229 e. The monoisotopic (exact) mass is 205 g/mol. The number of hydrogen-bond donors (Lipinski definition) is 1. The molecule has 0 atom stereocenters. The van der Waals surface area contributed by atoms with E-state index >= 15 is 0 Å². The van der Waals surface area contributed by atoms with Gasteiger partial charge in [-0.25, -0.2) is 13.6 Å². The minimum atomic E-state index is -3.24. The summed E-state index contributed by atoms with van der Waals surface area (Å²) in [4.78, 5) is 0. The van der Waals surface area contributed by atoms with E-state index in [0.29, 0.717) is 5.92 Å². The van der Waals surface area contributed by atoms with E-state index in [1.54, 1.807) is 0 Å². The predicted molar refractivity (Wildman–Crippen MR) is 53.8 cm³/mol. The molecule has 4 heteroatoms. The van der Waals surface area contributed by atoms with Crippen LogP contribution in [0.3, 0.4) is 0 Å². The third-order valence-corrected chi connectivity index (χ3v) is 3.59. The van der Waals surface area contributed by atoms with Crippen LogP contribution in [0.15, 0.2) is 0 Å². The lowest BCUT2D eigenvalue weighted by Crippen LogP contribution is -2.18. The van der Waals surface area contributed by atoms with Crippen molar-refractivity contribution in [2.75, 3.05) is 5.75 Å². The smallest absolute Gasteiger partial charge is 0.209 e. The van der Waals surface area contributed by atoms with Crippen LogP contribution in [0.4, 0.5) is 0 Å². The average molecular weight is 205 g/mol. The standard InChI is InChI=1S/C9H19NO2S/c10-13(11,12)8-7-9-5-3-1-2-4-6-9/h9H,1-8H2,(H2,10,11,12). The maximum atomic E-state index is 10.7. The first kappa shape index (κ1) is 11.0. The molecular weight excluding hydrogens is 186 g/mol. The maximum Gasteiger partial charge on any atom is 0.209 e. The van der Waals surface area contributed by atoms with Crippen LogP contribution in [0.5, 0.6) is 0 Å². The Bertz CT molecular complexity index is 228. The summed E-state index contributed by atoms with van der Waals surface area (Å²) in [5.41, 5.74) is 0. The SMILES string of the molecule is NS(=O)(=O)CCC1CCCCCC1. The van der Waals surface area contributed by atoms with Crippen molar-refractivity contribution in [1.29, 1.82) is 0 Å². The Labute approximate surface area is 80.8 Å². The third kappa shape index (κ3) is 5.26. The highest BCUT2D eigenvalue weighted by Crippen LogP contribution is 2.25. The van der Waals surface area contributed by atoms with Crippen molar-refractivity contribution in [3.8, 4) is 0 Å². The van der Waals surface area contributed by atoms with E-state index in [9.17, 15) is 8.42 Å². The van der Waals surface area contributed by atoms with Gasteiger partial charge in [0.05, 0.1) is 5.75 Å². The van der Waals surface area contributed by atoms with Crippen LogP contribution in [-0.4, -0.2) is 14.2 Å². The second-order valence-electron chi connectivity index (χ2n) is 4.01. The van der Waals surface area contributed by atoms with Gasteiger partial charge in [-0.2, -0.15) is 0 Å². The first-order chi connectivity index (χ1) is 6.08. The van der Waals surface area contributed by atoms with Gasteiger partial charge in [0.15, 0.2) is 0 Å². The summed E-state index contributed by atoms with van der Waals surface area (Å²) in [6, 6.07) is 0. The van der Waals surface area contributed by atoms with Gasteiger partial charge < -0.3 is 0 Å². The molecule has 0 aromatic rings. The van der Waals surface area contributed by atoms with Gasteiger partial charge in [0.2, 0.25) is 10.0 Å². The van der Waals surface area contributed by atoms with E-state index in [4.69, 9.17) is 5.14 Å². The van der Waals surface area contributed by atoms with E-state index in [-0.39, 0.29) is 5.75 Å².